The Morgan fingerprint density at radius 3 is 2.24 bits per heavy atom. The monoisotopic (exact) mass is 320 g/mol. The second kappa shape index (κ2) is 4.69. The molecule has 1 N–H and O–H groups in total. The summed E-state index contributed by atoms with van der Waals surface area (Å²) in [6.07, 6.45) is -4.02. The van der Waals surface area contributed by atoms with E-state index >= 15 is 0 Å². The first kappa shape index (κ1) is 14.8. The molecule has 21 heavy (non-hydrogen) atoms. The Bertz CT molecular complexity index is 619. The fourth-order valence-electron chi connectivity index (χ4n) is 2.90. The Labute approximate surface area is 120 Å². The van der Waals surface area contributed by atoms with E-state index < -0.39 is 27.7 Å². The van der Waals surface area contributed by atoms with Crippen LogP contribution >= 0.6 is 0 Å². The van der Waals surface area contributed by atoms with Crippen LogP contribution in [0.1, 0.15) is 18.4 Å². The van der Waals surface area contributed by atoms with Gasteiger partial charge < -0.3 is 0 Å². The normalized spacial score (nSPS) is 32.8. The molecule has 0 radical (unpaired) electrons. The number of benzene rings is 1. The SMILES string of the molecule is O=S1(=O)CCC(N2NC2(c2ccccc2)C(F)(F)F)CC1. The van der Waals surface area contributed by atoms with Crippen LogP contribution in [0.5, 0.6) is 0 Å². The molecule has 2 atom stereocenters. The zero-order chi connectivity index (χ0) is 15.3. The number of nitrogens with zero attached hydrogens (tertiary/aromatic N) is 1. The molecule has 2 heterocycles. The van der Waals surface area contributed by atoms with Crippen molar-refractivity contribution in [3.05, 3.63) is 35.9 Å². The Balaban J connectivity index is 1.86. The number of hydrogen-bond donors (Lipinski definition) is 1. The van der Waals surface area contributed by atoms with E-state index in [0.29, 0.717) is 0 Å². The van der Waals surface area contributed by atoms with Crippen molar-refractivity contribution in [1.29, 1.82) is 0 Å². The van der Waals surface area contributed by atoms with Crippen LogP contribution in [0.3, 0.4) is 0 Å². The van der Waals surface area contributed by atoms with Gasteiger partial charge in [-0.3, -0.25) is 0 Å². The maximum absolute atomic E-state index is 13.5. The first-order valence-electron chi connectivity index (χ1n) is 6.66. The lowest BCUT2D eigenvalue weighted by Crippen LogP contribution is -2.40. The van der Waals surface area contributed by atoms with E-state index in [1.54, 1.807) is 18.2 Å². The summed E-state index contributed by atoms with van der Waals surface area (Å²) in [6, 6.07) is 7.22. The molecule has 0 aromatic heterocycles. The Morgan fingerprint density at radius 1 is 1.14 bits per heavy atom. The van der Waals surface area contributed by atoms with Crippen molar-refractivity contribution >= 4 is 9.84 Å². The van der Waals surface area contributed by atoms with Crippen molar-refractivity contribution in [3.8, 4) is 0 Å². The molecule has 116 valence electrons. The van der Waals surface area contributed by atoms with Crippen LogP contribution in [0.4, 0.5) is 13.2 Å². The number of halogens is 3. The molecule has 4 nitrogen and oxygen atoms in total. The minimum absolute atomic E-state index is 0.0570. The van der Waals surface area contributed by atoms with E-state index in [-0.39, 0.29) is 29.9 Å². The van der Waals surface area contributed by atoms with Gasteiger partial charge in [0.25, 0.3) is 0 Å². The van der Waals surface area contributed by atoms with Gasteiger partial charge in [0, 0.05) is 6.04 Å². The molecule has 1 aromatic carbocycles. The molecule has 0 aliphatic carbocycles. The predicted molar refractivity (Wildman–Crippen MR) is 70.8 cm³/mol. The second-order valence-corrected chi connectivity index (χ2v) is 7.74. The summed E-state index contributed by atoms with van der Waals surface area (Å²) in [4.78, 5) is 0. The summed E-state index contributed by atoms with van der Waals surface area (Å²) >= 11 is 0. The lowest BCUT2D eigenvalue weighted by molar-refractivity contribution is -0.177. The third-order valence-electron chi connectivity index (χ3n) is 4.08. The minimum atomic E-state index is -4.47. The number of sulfone groups is 1. The van der Waals surface area contributed by atoms with Gasteiger partial charge in [-0.1, -0.05) is 30.3 Å². The van der Waals surface area contributed by atoms with Gasteiger partial charge in [-0.15, -0.1) is 0 Å². The van der Waals surface area contributed by atoms with Crippen LogP contribution in [0, 0.1) is 0 Å². The zero-order valence-electron chi connectivity index (χ0n) is 11.1. The molecule has 2 fully saturated rings. The Kier molecular flexibility index (Phi) is 3.30. The molecule has 2 saturated heterocycles. The number of alkyl halides is 3. The topological polar surface area (TPSA) is 59.1 Å². The quantitative estimate of drug-likeness (QED) is 0.844. The van der Waals surface area contributed by atoms with Crippen LogP contribution in [-0.4, -0.2) is 37.2 Å². The minimum Gasteiger partial charge on any atom is -0.229 e. The summed E-state index contributed by atoms with van der Waals surface area (Å²) in [6.45, 7) is 0. The molecule has 0 bridgehead atoms. The van der Waals surface area contributed by atoms with Gasteiger partial charge in [0.15, 0.2) is 0 Å². The van der Waals surface area contributed by atoms with Gasteiger partial charge in [-0.2, -0.15) is 13.2 Å². The van der Waals surface area contributed by atoms with E-state index in [1.807, 2.05) is 0 Å². The zero-order valence-corrected chi connectivity index (χ0v) is 11.9. The van der Waals surface area contributed by atoms with Crippen molar-refractivity contribution < 1.29 is 21.6 Å². The highest BCUT2D eigenvalue weighted by Crippen LogP contribution is 2.51. The van der Waals surface area contributed by atoms with E-state index in [4.69, 9.17) is 0 Å². The maximum atomic E-state index is 13.5. The van der Waals surface area contributed by atoms with Crippen molar-refractivity contribution in [2.75, 3.05) is 11.5 Å². The van der Waals surface area contributed by atoms with Gasteiger partial charge in [0.2, 0.25) is 5.66 Å². The van der Waals surface area contributed by atoms with E-state index in [9.17, 15) is 21.6 Å². The third kappa shape index (κ3) is 2.45. The highest BCUT2D eigenvalue weighted by Gasteiger charge is 2.72. The maximum Gasteiger partial charge on any atom is 0.426 e. The Hall–Kier alpha value is -1.12. The second-order valence-electron chi connectivity index (χ2n) is 5.44. The van der Waals surface area contributed by atoms with E-state index in [2.05, 4.69) is 5.43 Å². The molecule has 0 saturated carbocycles. The van der Waals surface area contributed by atoms with Crippen molar-refractivity contribution in [2.24, 2.45) is 0 Å². The first-order chi connectivity index (χ1) is 9.76. The van der Waals surface area contributed by atoms with Crippen molar-refractivity contribution in [1.82, 2.24) is 10.4 Å². The molecule has 0 spiro atoms. The molecule has 2 aliphatic heterocycles. The number of nitrogens with one attached hydrogen (secondary N) is 1. The summed E-state index contributed by atoms with van der Waals surface area (Å²) in [7, 11) is -3.09. The lowest BCUT2D eigenvalue weighted by Gasteiger charge is -2.26. The molecule has 8 heteroatoms. The molecular formula is C13H15F3N2O2S. The van der Waals surface area contributed by atoms with Crippen molar-refractivity contribution in [3.63, 3.8) is 0 Å². The molecular weight excluding hydrogens is 305 g/mol. The van der Waals surface area contributed by atoms with Gasteiger partial charge in [-0.05, 0) is 18.4 Å². The highest BCUT2D eigenvalue weighted by atomic mass is 32.2. The van der Waals surface area contributed by atoms with E-state index in [0.717, 1.165) is 5.01 Å². The molecule has 2 unspecified atom stereocenters. The van der Waals surface area contributed by atoms with Gasteiger partial charge in [-0.25, -0.2) is 18.9 Å². The largest absolute Gasteiger partial charge is 0.426 e. The average molecular weight is 320 g/mol. The number of hydrazine groups is 1. The van der Waals surface area contributed by atoms with Gasteiger partial charge in [0.05, 0.1) is 11.5 Å². The van der Waals surface area contributed by atoms with Gasteiger partial charge in [0.1, 0.15) is 9.84 Å². The predicted octanol–water partition coefficient (Wildman–Crippen LogP) is 1.80. The summed E-state index contributed by atoms with van der Waals surface area (Å²) in [5, 5.41) is 1.16. The fraction of sp³-hybridized carbons (Fsp3) is 0.538. The first-order valence-corrected chi connectivity index (χ1v) is 8.48. The van der Waals surface area contributed by atoms with Crippen LogP contribution in [0.2, 0.25) is 0 Å². The van der Waals surface area contributed by atoms with Crippen LogP contribution < -0.4 is 5.43 Å². The molecule has 3 rings (SSSR count). The third-order valence-corrected chi connectivity index (χ3v) is 5.80. The molecule has 0 amide bonds. The van der Waals surface area contributed by atoms with Crippen LogP contribution in [0.15, 0.2) is 30.3 Å². The fourth-order valence-corrected chi connectivity index (χ4v) is 4.36. The summed E-state index contributed by atoms with van der Waals surface area (Å²) in [5.41, 5.74) is 0.399. The number of hydrogen-bond acceptors (Lipinski definition) is 4. The number of rotatable bonds is 2. The van der Waals surface area contributed by atoms with E-state index in [1.165, 1.54) is 12.1 Å². The molecule has 1 aromatic rings. The smallest absolute Gasteiger partial charge is 0.229 e. The highest BCUT2D eigenvalue weighted by molar-refractivity contribution is 7.91. The van der Waals surface area contributed by atoms with Crippen LogP contribution in [0.25, 0.3) is 0 Å². The average Bonchev–Trinajstić information content (AvgIpc) is 3.16. The van der Waals surface area contributed by atoms with Crippen molar-refractivity contribution in [2.45, 2.75) is 30.7 Å². The lowest BCUT2D eigenvalue weighted by atomic mass is 10.0. The summed E-state index contributed by atoms with van der Waals surface area (Å²) in [5.74, 6) is -0.114. The molecule has 2 aliphatic rings. The van der Waals surface area contributed by atoms with Crippen LogP contribution in [-0.2, 0) is 15.5 Å². The standard InChI is InChI=1S/C13H15F3N2O2S/c14-13(15,16)12(10-4-2-1-3-5-10)17-18(12)11-6-8-21(19,20)9-7-11/h1-5,11,17H,6-9H2. The van der Waals surface area contributed by atoms with Gasteiger partial charge >= 0.3 is 6.18 Å². The Morgan fingerprint density at radius 2 is 1.71 bits per heavy atom. The summed E-state index contributed by atoms with van der Waals surface area (Å²) < 4.78 is 63.4.